The van der Waals surface area contributed by atoms with E-state index in [1.807, 2.05) is 18.2 Å². The number of para-hydroxylation sites is 1. The summed E-state index contributed by atoms with van der Waals surface area (Å²) in [5.74, 6) is -0.362. The number of carbonyl (C=O) groups excluding carboxylic acids is 1. The Bertz CT molecular complexity index is 879. The number of halogens is 3. The largest absolute Gasteiger partial charge is 0.320 e. The fraction of sp³-hybridized carbons (Fsp3) is 0.0588. The van der Waals surface area contributed by atoms with Crippen LogP contribution in [0.3, 0.4) is 0 Å². The number of nitrogens with one attached hydrogen (secondary N) is 1. The van der Waals surface area contributed by atoms with Crippen molar-refractivity contribution in [3.63, 3.8) is 0 Å². The van der Waals surface area contributed by atoms with Gasteiger partial charge < -0.3 is 5.32 Å². The molecule has 1 N–H and O–H groups in total. The minimum atomic E-state index is -0.362. The first kappa shape index (κ1) is 16.2. The molecule has 6 heteroatoms. The van der Waals surface area contributed by atoms with E-state index in [9.17, 15) is 4.79 Å². The average Bonchev–Trinajstić information content (AvgIpc) is 2.54. The molecule has 0 saturated carbocycles. The summed E-state index contributed by atoms with van der Waals surface area (Å²) >= 11 is 15.6. The summed E-state index contributed by atoms with van der Waals surface area (Å²) in [5.41, 5.74) is 2.65. The standard InChI is InChI=1S/C17H11BrCl2N2O/c18-8-10-7-11-3-1-6-14(16(11)21-9-10)22-17(23)15-12(19)4-2-5-13(15)20/h1-7,9H,8H2,(H,22,23). The van der Waals surface area contributed by atoms with Crippen molar-refractivity contribution in [2.45, 2.75) is 5.33 Å². The normalized spacial score (nSPS) is 10.7. The van der Waals surface area contributed by atoms with Crippen LogP contribution in [0.25, 0.3) is 10.9 Å². The number of benzene rings is 2. The van der Waals surface area contributed by atoms with Gasteiger partial charge >= 0.3 is 0 Å². The van der Waals surface area contributed by atoms with Gasteiger partial charge in [0.15, 0.2) is 0 Å². The van der Waals surface area contributed by atoms with Crippen LogP contribution in [0.4, 0.5) is 5.69 Å². The van der Waals surface area contributed by atoms with Gasteiger partial charge in [-0.3, -0.25) is 9.78 Å². The number of hydrogen-bond acceptors (Lipinski definition) is 2. The van der Waals surface area contributed by atoms with Crippen molar-refractivity contribution >= 4 is 61.6 Å². The topological polar surface area (TPSA) is 42.0 Å². The molecule has 1 amide bonds. The predicted molar refractivity (Wildman–Crippen MR) is 98.8 cm³/mol. The third-order valence-corrected chi connectivity index (χ3v) is 4.64. The molecule has 1 heterocycles. The number of hydrogen-bond donors (Lipinski definition) is 1. The maximum Gasteiger partial charge on any atom is 0.258 e. The van der Waals surface area contributed by atoms with E-state index in [1.165, 1.54) is 0 Å². The lowest BCUT2D eigenvalue weighted by Crippen LogP contribution is -2.13. The van der Waals surface area contributed by atoms with Crippen molar-refractivity contribution in [2.24, 2.45) is 0 Å². The second-order valence-corrected chi connectivity index (χ2v) is 6.28. The van der Waals surface area contributed by atoms with Crippen LogP contribution in [0.5, 0.6) is 0 Å². The fourth-order valence-electron chi connectivity index (χ4n) is 2.28. The highest BCUT2D eigenvalue weighted by molar-refractivity contribution is 9.08. The Morgan fingerprint density at radius 2 is 1.83 bits per heavy atom. The van der Waals surface area contributed by atoms with Crippen LogP contribution in [0, 0.1) is 0 Å². The third kappa shape index (κ3) is 3.34. The fourth-order valence-corrected chi connectivity index (χ4v) is 3.16. The number of alkyl halides is 1. The number of aromatic nitrogens is 1. The Morgan fingerprint density at radius 1 is 1.13 bits per heavy atom. The van der Waals surface area contributed by atoms with E-state index in [0.717, 1.165) is 16.3 Å². The van der Waals surface area contributed by atoms with Gasteiger partial charge in [-0.2, -0.15) is 0 Å². The zero-order chi connectivity index (χ0) is 16.4. The predicted octanol–water partition coefficient (Wildman–Crippen LogP) is 5.69. The van der Waals surface area contributed by atoms with Crippen molar-refractivity contribution in [3.8, 4) is 0 Å². The van der Waals surface area contributed by atoms with Gasteiger partial charge in [0, 0.05) is 16.9 Å². The number of nitrogens with zero attached hydrogens (tertiary/aromatic N) is 1. The van der Waals surface area contributed by atoms with Crippen molar-refractivity contribution in [1.82, 2.24) is 4.98 Å². The van der Waals surface area contributed by atoms with Gasteiger partial charge in [0.2, 0.25) is 0 Å². The summed E-state index contributed by atoms with van der Waals surface area (Å²) in [6, 6.07) is 12.6. The van der Waals surface area contributed by atoms with E-state index < -0.39 is 0 Å². The third-order valence-electron chi connectivity index (χ3n) is 3.36. The quantitative estimate of drug-likeness (QED) is 0.564. The molecule has 0 unspecified atom stereocenters. The molecule has 0 aliphatic carbocycles. The number of anilines is 1. The first-order valence-corrected chi connectivity index (χ1v) is 8.67. The summed E-state index contributed by atoms with van der Waals surface area (Å²) < 4.78 is 0. The Labute approximate surface area is 151 Å². The number of rotatable bonds is 3. The molecule has 0 radical (unpaired) electrons. The lowest BCUT2D eigenvalue weighted by atomic mass is 10.1. The molecule has 3 rings (SSSR count). The SMILES string of the molecule is O=C(Nc1cccc2cc(CBr)cnc12)c1c(Cl)cccc1Cl. The maximum absolute atomic E-state index is 12.5. The zero-order valence-electron chi connectivity index (χ0n) is 11.8. The van der Waals surface area contributed by atoms with Crippen LogP contribution in [0.2, 0.25) is 10.0 Å². The minimum Gasteiger partial charge on any atom is -0.320 e. The van der Waals surface area contributed by atoms with Crippen LogP contribution in [-0.4, -0.2) is 10.9 Å². The second-order valence-electron chi connectivity index (χ2n) is 4.91. The van der Waals surface area contributed by atoms with E-state index in [0.29, 0.717) is 21.2 Å². The number of pyridine rings is 1. The first-order valence-electron chi connectivity index (χ1n) is 6.79. The molecule has 0 atom stereocenters. The molecule has 1 aromatic heterocycles. The average molecular weight is 410 g/mol. The highest BCUT2D eigenvalue weighted by Crippen LogP contribution is 2.27. The zero-order valence-corrected chi connectivity index (χ0v) is 14.9. The second kappa shape index (κ2) is 6.87. The summed E-state index contributed by atoms with van der Waals surface area (Å²) in [4.78, 5) is 16.9. The number of fused-ring (bicyclic) bond motifs is 1. The van der Waals surface area contributed by atoms with Crippen LogP contribution < -0.4 is 5.32 Å². The summed E-state index contributed by atoms with van der Waals surface area (Å²) in [5, 5.41) is 5.13. The molecule has 0 saturated heterocycles. The molecule has 0 aliphatic rings. The van der Waals surface area contributed by atoms with Crippen molar-refractivity contribution < 1.29 is 4.79 Å². The Kier molecular flexibility index (Phi) is 4.85. The van der Waals surface area contributed by atoms with Crippen molar-refractivity contribution in [3.05, 3.63) is 69.8 Å². The molecule has 0 aliphatic heterocycles. The molecule has 0 fully saturated rings. The molecule has 116 valence electrons. The van der Waals surface area contributed by atoms with E-state index in [4.69, 9.17) is 23.2 Å². The number of carbonyl (C=O) groups is 1. The summed E-state index contributed by atoms with van der Waals surface area (Å²) in [6.07, 6.45) is 1.77. The lowest BCUT2D eigenvalue weighted by molar-refractivity contribution is 0.102. The van der Waals surface area contributed by atoms with Gasteiger partial charge in [0.25, 0.3) is 5.91 Å². The van der Waals surface area contributed by atoms with Crippen LogP contribution >= 0.6 is 39.1 Å². The molecular weight excluding hydrogens is 399 g/mol. The summed E-state index contributed by atoms with van der Waals surface area (Å²) in [7, 11) is 0. The highest BCUT2D eigenvalue weighted by Gasteiger charge is 2.16. The van der Waals surface area contributed by atoms with E-state index >= 15 is 0 Å². The van der Waals surface area contributed by atoms with Gasteiger partial charge in [0.1, 0.15) is 0 Å². The van der Waals surface area contributed by atoms with Gasteiger partial charge in [0.05, 0.1) is 26.8 Å². The first-order chi connectivity index (χ1) is 11.1. The molecule has 2 aromatic carbocycles. The van der Waals surface area contributed by atoms with E-state index in [-0.39, 0.29) is 11.5 Å². The van der Waals surface area contributed by atoms with Crippen LogP contribution in [0.1, 0.15) is 15.9 Å². The van der Waals surface area contributed by atoms with Crippen molar-refractivity contribution in [1.29, 1.82) is 0 Å². The molecule has 23 heavy (non-hydrogen) atoms. The van der Waals surface area contributed by atoms with Gasteiger partial charge in [-0.05, 0) is 29.8 Å². The smallest absolute Gasteiger partial charge is 0.258 e. The highest BCUT2D eigenvalue weighted by atomic mass is 79.9. The minimum absolute atomic E-state index is 0.255. The number of amides is 1. The van der Waals surface area contributed by atoms with E-state index in [1.54, 1.807) is 30.5 Å². The molecule has 3 aromatic rings. The maximum atomic E-state index is 12.5. The molecule has 0 bridgehead atoms. The summed E-state index contributed by atoms with van der Waals surface area (Å²) in [6.45, 7) is 0. The molecule has 3 nitrogen and oxygen atoms in total. The van der Waals surface area contributed by atoms with Crippen molar-refractivity contribution in [2.75, 3.05) is 5.32 Å². The lowest BCUT2D eigenvalue weighted by Gasteiger charge is -2.10. The monoisotopic (exact) mass is 408 g/mol. The molecule has 0 spiro atoms. The van der Waals surface area contributed by atoms with Gasteiger partial charge in [-0.25, -0.2) is 0 Å². The van der Waals surface area contributed by atoms with Gasteiger partial charge in [-0.15, -0.1) is 0 Å². The Morgan fingerprint density at radius 3 is 2.52 bits per heavy atom. The Balaban J connectivity index is 2.00. The van der Waals surface area contributed by atoms with Crippen LogP contribution in [-0.2, 0) is 5.33 Å². The van der Waals surface area contributed by atoms with Crippen LogP contribution in [0.15, 0.2) is 48.7 Å². The van der Waals surface area contributed by atoms with E-state index in [2.05, 4.69) is 26.2 Å². The Hall–Kier alpha value is -1.62. The molecular formula is C17H11BrCl2N2O. The van der Waals surface area contributed by atoms with Gasteiger partial charge in [-0.1, -0.05) is 57.3 Å².